The minimum atomic E-state index is -4.33. The van der Waals surface area contributed by atoms with Crippen molar-refractivity contribution < 1.29 is 22.5 Å². The van der Waals surface area contributed by atoms with E-state index in [1.807, 2.05) is 6.92 Å². The van der Waals surface area contributed by atoms with Crippen LogP contribution in [0.25, 0.3) is 0 Å². The first-order chi connectivity index (χ1) is 6.87. The summed E-state index contributed by atoms with van der Waals surface area (Å²) >= 11 is 0. The van der Waals surface area contributed by atoms with Gasteiger partial charge in [-0.2, -0.15) is 8.42 Å². The van der Waals surface area contributed by atoms with Gasteiger partial charge in [-0.3, -0.25) is 9.35 Å². The molecule has 82 valence electrons. The average molecular weight is 230 g/mol. The van der Waals surface area contributed by atoms with Gasteiger partial charge in [0.2, 0.25) is 0 Å². The van der Waals surface area contributed by atoms with Crippen molar-refractivity contribution in [3.05, 3.63) is 29.8 Å². The maximum Gasteiger partial charge on any atom is 0.329 e. The van der Waals surface area contributed by atoms with E-state index in [9.17, 15) is 13.2 Å². The summed E-state index contributed by atoms with van der Waals surface area (Å²) in [5.74, 6) is -1.81. The molecule has 0 atom stereocenters. The highest BCUT2D eigenvalue weighted by molar-refractivity contribution is 7.86. The molecule has 1 rings (SSSR count). The molecule has 0 saturated heterocycles. The Balaban J connectivity index is 2.63. The number of ether oxygens (including phenoxy) is 1. The average Bonchev–Trinajstić information content (AvgIpc) is 2.05. The molecular formula is C9H10O5S. The summed E-state index contributed by atoms with van der Waals surface area (Å²) in [6, 6.07) is 6.51. The van der Waals surface area contributed by atoms with Crippen LogP contribution in [0, 0.1) is 6.92 Å². The normalized spacial score (nSPS) is 11.1. The molecule has 0 radical (unpaired) electrons. The molecule has 0 aliphatic rings. The largest absolute Gasteiger partial charge is 0.426 e. The fourth-order valence-electron chi connectivity index (χ4n) is 0.916. The van der Waals surface area contributed by atoms with Crippen LogP contribution in [-0.4, -0.2) is 24.7 Å². The van der Waals surface area contributed by atoms with Crippen molar-refractivity contribution in [2.75, 3.05) is 5.75 Å². The molecule has 1 aromatic carbocycles. The smallest absolute Gasteiger partial charge is 0.329 e. The molecule has 0 fully saturated rings. The van der Waals surface area contributed by atoms with Crippen LogP contribution in [0.15, 0.2) is 24.3 Å². The second kappa shape index (κ2) is 4.41. The molecule has 1 aromatic rings. The highest BCUT2D eigenvalue weighted by Gasteiger charge is 2.14. The molecule has 6 heteroatoms. The number of benzene rings is 1. The summed E-state index contributed by atoms with van der Waals surface area (Å²) in [6.45, 7) is 1.86. The Hall–Kier alpha value is -1.40. The Morgan fingerprint density at radius 2 is 1.87 bits per heavy atom. The second-order valence-corrected chi connectivity index (χ2v) is 4.47. The van der Waals surface area contributed by atoms with Gasteiger partial charge in [-0.1, -0.05) is 17.7 Å². The van der Waals surface area contributed by atoms with Gasteiger partial charge in [-0.05, 0) is 19.1 Å². The van der Waals surface area contributed by atoms with Crippen LogP contribution in [0.2, 0.25) is 0 Å². The summed E-state index contributed by atoms with van der Waals surface area (Å²) in [6.07, 6.45) is 0. The van der Waals surface area contributed by atoms with Crippen LogP contribution in [0.1, 0.15) is 5.56 Å². The molecule has 0 unspecified atom stereocenters. The van der Waals surface area contributed by atoms with Crippen molar-refractivity contribution in [1.82, 2.24) is 0 Å². The van der Waals surface area contributed by atoms with Crippen molar-refractivity contribution >= 4 is 16.1 Å². The first kappa shape index (κ1) is 11.7. The number of esters is 1. The third-order valence-electron chi connectivity index (χ3n) is 1.55. The zero-order valence-electron chi connectivity index (χ0n) is 8.00. The van der Waals surface area contributed by atoms with E-state index in [0.717, 1.165) is 5.56 Å². The molecule has 0 saturated carbocycles. The maximum absolute atomic E-state index is 11.0. The van der Waals surface area contributed by atoms with Crippen molar-refractivity contribution in [3.8, 4) is 5.75 Å². The quantitative estimate of drug-likeness (QED) is 0.471. The second-order valence-electron chi connectivity index (χ2n) is 3.01. The number of aryl methyl sites for hydroxylation is 1. The first-order valence-electron chi connectivity index (χ1n) is 4.09. The molecule has 1 N–H and O–H groups in total. The van der Waals surface area contributed by atoms with Crippen molar-refractivity contribution in [1.29, 1.82) is 0 Å². The van der Waals surface area contributed by atoms with Crippen molar-refractivity contribution in [3.63, 3.8) is 0 Å². The minimum Gasteiger partial charge on any atom is -0.426 e. The molecule has 15 heavy (non-hydrogen) atoms. The number of rotatable bonds is 3. The molecule has 0 amide bonds. The monoisotopic (exact) mass is 230 g/mol. The predicted molar refractivity (Wildman–Crippen MR) is 53.2 cm³/mol. The fraction of sp³-hybridized carbons (Fsp3) is 0.222. The number of carbonyl (C=O) groups is 1. The molecule has 0 aromatic heterocycles. The minimum absolute atomic E-state index is 0.245. The van der Waals surface area contributed by atoms with E-state index >= 15 is 0 Å². The summed E-state index contributed by atoms with van der Waals surface area (Å²) < 4.78 is 33.7. The van der Waals surface area contributed by atoms with Gasteiger partial charge < -0.3 is 4.74 Å². The molecule has 0 spiro atoms. The van der Waals surface area contributed by atoms with Crippen molar-refractivity contribution in [2.24, 2.45) is 0 Å². The Morgan fingerprint density at radius 1 is 1.33 bits per heavy atom. The van der Waals surface area contributed by atoms with Crippen molar-refractivity contribution in [2.45, 2.75) is 6.92 Å². The predicted octanol–water partition coefficient (Wildman–Crippen LogP) is 0.788. The lowest BCUT2D eigenvalue weighted by Gasteiger charge is -2.02. The Morgan fingerprint density at radius 3 is 2.33 bits per heavy atom. The Bertz CT molecular complexity index is 446. The van der Waals surface area contributed by atoms with Gasteiger partial charge in [0.25, 0.3) is 10.1 Å². The standard InChI is InChI=1S/C9H10O5S/c1-7-2-4-8(5-3-7)14-9(10)6-15(11,12)13/h2-5H,6H2,1H3,(H,11,12,13). The lowest BCUT2D eigenvalue weighted by Crippen LogP contribution is -2.20. The molecule has 5 nitrogen and oxygen atoms in total. The van der Waals surface area contributed by atoms with Crippen LogP contribution in [0.5, 0.6) is 5.75 Å². The van der Waals surface area contributed by atoms with Gasteiger partial charge in [0.15, 0.2) is 5.75 Å². The van der Waals surface area contributed by atoms with Crippen LogP contribution >= 0.6 is 0 Å². The maximum atomic E-state index is 11.0. The molecule has 0 aliphatic carbocycles. The van der Waals surface area contributed by atoms with Gasteiger partial charge in [-0.25, -0.2) is 0 Å². The van der Waals surface area contributed by atoms with Gasteiger partial charge in [0, 0.05) is 0 Å². The number of carbonyl (C=O) groups excluding carboxylic acids is 1. The summed E-state index contributed by atoms with van der Waals surface area (Å²) in [4.78, 5) is 11.0. The van der Waals surface area contributed by atoms with Crippen LogP contribution < -0.4 is 4.74 Å². The molecule has 0 heterocycles. The first-order valence-corrected chi connectivity index (χ1v) is 5.70. The van der Waals surface area contributed by atoms with E-state index in [0.29, 0.717) is 0 Å². The summed E-state index contributed by atoms with van der Waals surface area (Å²) in [5.41, 5.74) is 0.990. The number of hydrogen-bond acceptors (Lipinski definition) is 4. The van der Waals surface area contributed by atoms with Crippen LogP contribution in [0.3, 0.4) is 0 Å². The fourth-order valence-corrected chi connectivity index (χ4v) is 1.27. The van der Waals surface area contributed by atoms with E-state index in [1.165, 1.54) is 12.1 Å². The van der Waals surface area contributed by atoms with Gasteiger partial charge in [-0.15, -0.1) is 0 Å². The van der Waals surface area contributed by atoms with Crippen LogP contribution in [0.4, 0.5) is 0 Å². The molecule has 0 aliphatic heterocycles. The van der Waals surface area contributed by atoms with E-state index in [4.69, 9.17) is 4.55 Å². The van der Waals surface area contributed by atoms with E-state index in [2.05, 4.69) is 4.74 Å². The van der Waals surface area contributed by atoms with E-state index < -0.39 is 21.8 Å². The number of hydrogen-bond donors (Lipinski definition) is 1. The SMILES string of the molecule is Cc1ccc(OC(=O)CS(=O)(=O)O)cc1. The third-order valence-corrected chi connectivity index (χ3v) is 2.15. The lowest BCUT2D eigenvalue weighted by molar-refractivity contribution is -0.131. The van der Waals surface area contributed by atoms with Gasteiger partial charge in [0.05, 0.1) is 0 Å². The highest BCUT2D eigenvalue weighted by Crippen LogP contribution is 2.11. The topological polar surface area (TPSA) is 80.7 Å². The zero-order chi connectivity index (χ0) is 11.5. The summed E-state index contributed by atoms with van der Waals surface area (Å²) in [7, 11) is -4.33. The molecule has 0 bridgehead atoms. The summed E-state index contributed by atoms with van der Waals surface area (Å²) in [5, 5.41) is 0. The zero-order valence-corrected chi connectivity index (χ0v) is 8.82. The lowest BCUT2D eigenvalue weighted by atomic mass is 10.2. The molecular weight excluding hydrogens is 220 g/mol. The van der Waals surface area contributed by atoms with Crippen LogP contribution in [-0.2, 0) is 14.9 Å². The van der Waals surface area contributed by atoms with Gasteiger partial charge >= 0.3 is 5.97 Å². The third kappa shape index (κ3) is 4.57. The van der Waals surface area contributed by atoms with E-state index in [-0.39, 0.29) is 5.75 Å². The highest BCUT2D eigenvalue weighted by atomic mass is 32.2. The van der Waals surface area contributed by atoms with E-state index in [1.54, 1.807) is 12.1 Å². The Labute approximate surface area is 87.4 Å². The van der Waals surface area contributed by atoms with Gasteiger partial charge in [0.1, 0.15) is 5.75 Å². The Kier molecular flexibility index (Phi) is 3.43.